The zero-order valence-corrected chi connectivity index (χ0v) is 16.0. The molecule has 0 unspecified atom stereocenters. The van der Waals surface area contributed by atoms with Crippen LogP contribution >= 0.6 is 11.3 Å². The molecule has 1 fully saturated rings. The standard InChI is InChI=1S/C18H21FN2O3S2/c1-13(14-4-6-16(19)7-5-14)20-18(22)15-8-10-21(11-9-15)26(23,24)17-3-2-12-25-17/h2-7,12-13,15H,8-11H2,1H3,(H,20,22)/t13-/m1/s1. The number of sulfonamides is 1. The molecule has 2 heterocycles. The number of carbonyl (C=O) groups is 1. The maximum atomic E-state index is 13.0. The summed E-state index contributed by atoms with van der Waals surface area (Å²) >= 11 is 1.20. The minimum absolute atomic E-state index is 0.0880. The van der Waals surface area contributed by atoms with Gasteiger partial charge in [-0.05, 0) is 48.9 Å². The highest BCUT2D eigenvalue weighted by Crippen LogP contribution is 2.27. The van der Waals surface area contributed by atoms with Gasteiger partial charge >= 0.3 is 0 Å². The zero-order chi connectivity index (χ0) is 18.7. The van der Waals surface area contributed by atoms with Crippen LogP contribution in [0, 0.1) is 11.7 Å². The van der Waals surface area contributed by atoms with Gasteiger partial charge in [0.2, 0.25) is 5.91 Å². The Balaban J connectivity index is 1.56. The van der Waals surface area contributed by atoms with Crippen molar-refractivity contribution in [1.29, 1.82) is 0 Å². The third kappa shape index (κ3) is 4.13. The van der Waals surface area contributed by atoms with Gasteiger partial charge in [-0.2, -0.15) is 4.31 Å². The number of hydrogen-bond donors (Lipinski definition) is 1. The van der Waals surface area contributed by atoms with Gasteiger partial charge in [0.1, 0.15) is 10.0 Å². The Morgan fingerprint density at radius 3 is 2.46 bits per heavy atom. The topological polar surface area (TPSA) is 66.5 Å². The Bertz CT molecular complexity index is 843. The fraction of sp³-hybridized carbons (Fsp3) is 0.389. The summed E-state index contributed by atoms with van der Waals surface area (Å²) in [5.74, 6) is -0.616. The minimum atomic E-state index is -3.45. The Kier molecular flexibility index (Phi) is 5.74. The Hall–Kier alpha value is -1.77. The van der Waals surface area contributed by atoms with Gasteiger partial charge in [-0.1, -0.05) is 18.2 Å². The molecule has 0 spiro atoms. The van der Waals surface area contributed by atoms with Crippen molar-refractivity contribution in [2.45, 2.75) is 30.0 Å². The van der Waals surface area contributed by atoms with Gasteiger partial charge in [-0.25, -0.2) is 12.8 Å². The van der Waals surface area contributed by atoms with Crippen molar-refractivity contribution >= 4 is 27.3 Å². The van der Waals surface area contributed by atoms with Crippen LogP contribution in [0.25, 0.3) is 0 Å². The van der Waals surface area contributed by atoms with E-state index in [1.807, 2.05) is 6.92 Å². The molecule has 1 saturated heterocycles. The van der Waals surface area contributed by atoms with Gasteiger partial charge in [-0.15, -0.1) is 11.3 Å². The van der Waals surface area contributed by atoms with E-state index in [0.29, 0.717) is 30.1 Å². The monoisotopic (exact) mass is 396 g/mol. The highest BCUT2D eigenvalue weighted by Gasteiger charge is 2.32. The molecule has 0 bridgehead atoms. The molecular formula is C18H21FN2O3S2. The van der Waals surface area contributed by atoms with E-state index in [0.717, 1.165) is 5.56 Å². The smallest absolute Gasteiger partial charge is 0.252 e. The molecule has 2 aromatic rings. The van der Waals surface area contributed by atoms with Crippen molar-refractivity contribution in [3.05, 3.63) is 53.2 Å². The van der Waals surface area contributed by atoms with Crippen LogP contribution < -0.4 is 5.32 Å². The lowest BCUT2D eigenvalue weighted by molar-refractivity contribution is -0.126. The van der Waals surface area contributed by atoms with Crippen molar-refractivity contribution in [2.24, 2.45) is 5.92 Å². The first kappa shape index (κ1) is 19.0. The van der Waals surface area contributed by atoms with E-state index in [-0.39, 0.29) is 23.7 Å². The maximum absolute atomic E-state index is 13.0. The van der Waals surface area contributed by atoms with Crippen LogP contribution in [0.15, 0.2) is 46.0 Å². The summed E-state index contributed by atoms with van der Waals surface area (Å²) in [6.45, 7) is 2.52. The van der Waals surface area contributed by atoms with E-state index in [1.54, 1.807) is 29.6 Å². The molecule has 8 heteroatoms. The lowest BCUT2D eigenvalue weighted by Gasteiger charge is -2.30. The van der Waals surface area contributed by atoms with Crippen LogP contribution in [0.4, 0.5) is 4.39 Å². The average Bonchev–Trinajstić information content (AvgIpc) is 3.18. The van der Waals surface area contributed by atoms with E-state index in [1.165, 1.54) is 27.8 Å². The molecule has 1 aromatic carbocycles. The Morgan fingerprint density at radius 1 is 1.23 bits per heavy atom. The van der Waals surface area contributed by atoms with Crippen molar-refractivity contribution in [2.75, 3.05) is 13.1 Å². The second kappa shape index (κ2) is 7.85. The normalized spacial score (nSPS) is 17.8. The third-order valence-electron chi connectivity index (χ3n) is 4.64. The number of nitrogens with one attached hydrogen (secondary N) is 1. The maximum Gasteiger partial charge on any atom is 0.252 e. The summed E-state index contributed by atoms with van der Waals surface area (Å²) in [5, 5.41) is 4.68. The molecule has 1 aliphatic rings. The second-order valence-electron chi connectivity index (χ2n) is 6.39. The van der Waals surface area contributed by atoms with E-state index in [2.05, 4.69) is 5.32 Å². The summed E-state index contributed by atoms with van der Waals surface area (Å²) in [6, 6.07) is 9.12. The quantitative estimate of drug-likeness (QED) is 0.844. The molecule has 26 heavy (non-hydrogen) atoms. The second-order valence-corrected chi connectivity index (χ2v) is 9.50. The molecule has 1 atom stereocenters. The minimum Gasteiger partial charge on any atom is -0.349 e. The molecule has 0 radical (unpaired) electrons. The number of benzene rings is 1. The number of thiophene rings is 1. The van der Waals surface area contributed by atoms with E-state index in [4.69, 9.17) is 0 Å². The third-order valence-corrected chi connectivity index (χ3v) is 7.91. The Labute approximate surface area is 156 Å². The molecule has 0 aliphatic carbocycles. The molecule has 3 rings (SSSR count). The average molecular weight is 397 g/mol. The highest BCUT2D eigenvalue weighted by atomic mass is 32.2. The predicted octanol–water partition coefficient (Wildman–Crippen LogP) is 3.17. The number of carbonyl (C=O) groups excluding carboxylic acids is 1. The number of amides is 1. The predicted molar refractivity (Wildman–Crippen MR) is 98.8 cm³/mol. The molecular weight excluding hydrogens is 375 g/mol. The molecule has 5 nitrogen and oxygen atoms in total. The van der Waals surface area contributed by atoms with Crippen LogP contribution in [-0.2, 0) is 14.8 Å². The number of hydrogen-bond acceptors (Lipinski definition) is 4. The highest BCUT2D eigenvalue weighted by molar-refractivity contribution is 7.91. The largest absolute Gasteiger partial charge is 0.349 e. The van der Waals surface area contributed by atoms with Gasteiger partial charge in [0, 0.05) is 19.0 Å². The lowest BCUT2D eigenvalue weighted by Crippen LogP contribution is -2.43. The first-order chi connectivity index (χ1) is 12.4. The number of rotatable bonds is 5. The lowest BCUT2D eigenvalue weighted by atomic mass is 9.96. The molecule has 1 aromatic heterocycles. The summed E-state index contributed by atoms with van der Waals surface area (Å²) in [5.41, 5.74) is 0.831. The first-order valence-electron chi connectivity index (χ1n) is 8.47. The molecule has 0 saturated carbocycles. The summed E-state index contributed by atoms with van der Waals surface area (Å²) < 4.78 is 39.8. The summed E-state index contributed by atoms with van der Waals surface area (Å²) in [4.78, 5) is 12.5. The number of piperidine rings is 1. The summed E-state index contributed by atoms with van der Waals surface area (Å²) in [7, 11) is -3.45. The van der Waals surface area contributed by atoms with Gasteiger partial charge in [-0.3, -0.25) is 4.79 Å². The zero-order valence-electron chi connectivity index (χ0n) is 14.4. The Morgan fingerprint density at radius 2 is 1.88 bits per heavy atom. The molecule has 140 valence electrons. The van der Waals surface area contributed by atoms with Crippen molar-refractivity contribution < 1.29 is 17.6 Å². The van der Waals surface area contributed by atoms with Gasteiger partial charge in [0.25, 0.3) is 10.0 Å². The molecule has 1 N–H and O–H groups in total. The van der Waals surface area contributed by atoms with Crippen molar-refractivity contribution in [3.63, 3.8) is 0 Å². The van der Waals surface area contributed by atoms with Gasteiger partial charge in [0.05, 0.1) is 6.04 Å². The van der Waals surface area contributed by atoms with Gasteiger partial charge < -0.3 is 5.32 Å². The summed E-state index contributed by atoms with van der Waals surface area (Å²) in [6.07, 6.45) is 0.985. The fourth-order valence-corrected chi connectivity index (χ4v) is 5.68. The van der Waals surface area contributed by atoms with Crippen molar-refractivity contribution in [1.82, 2.24) is 9.62 Å². The SMILES string of the molecule is C[C@@H](NC(=O)C1CCN(S(=O)(=O)c2cccs2)CC1)c1ccc(F)cc1. The fourth-order valence-electron chi connectivity index (χ4n) is 3.06. The molecule has 1 aliphatic heterocycles. The molecule has 1 amide bonds. The number of nitrogens with zero attached hydrogens (tertiary/aromatic N) is 1. The van der Waals surface area contributed by atoms with Crippen LogP contribution in [-0.4, -0.2) is 31.7 Å². The van der Waals surface area contributed by atoms with Crippen LogP contribution in [0.5, 0.6) is 0 Å². The van der Waals surface area contributed by atoms with Crippen molar-refractivity contribution in [3.8, 4) is 0 Å². The van der Waals surface area contributed by atoms with E-state index < -0.39 is 10.0 Å². The van der Waals surface area contributed by atoms with E-state index >= 15 is 0 Å². The van der Waals surface area contributed by atoms with Crippen LogP contribution in [0.2, 0.25) is 0 Å². The van der Waals surface area contributed by atoms with Crippen LogP contribution in [0.3, 0.4) is 0 Å². The van der Waals surface area contributed by atoms with Crippen LogP contribution in [0.1, 0.15) is 31.4 Å². The number of halogens is 1. The van der Waals surface area contributed by atoms with Gasteiger partial charge in [0.15, 0.2) is 0 Å². The van der Waals surface area contributed by atoms with E-state index in [9.17, 15) is 17.6 Å². The first-order valence-corrected chi connectivity index (χ1v) is 10.8.